The van der Waals surface area contributed by atoms with Gasteiger partial charge in [0.25, 0.3) is 5.91 Å². The number of hydrogen-bond acceptors (Lipinski definition) is 4. The minimum Gasteiger partial charge on any atom is -0.351 e. The molecule has 1 aliphatic rings. The Bertz CT molecular complexity index is 664. The van der Waals surface area contributed by atoms with Gasteiger partial charge in [0.05, 0.1) is 5.56 Å². The maximum absolute atomic E-state index is 12.3. The van der Waals surface area contributed by atoms with E-state index < -0.39 is 0 Å². The van der Waals surface area contributed by atoms with Crippen molar-refractivity contribution in [3.63, 3.8) is 0 Å². The number of carbonyl (C=O) groups is 1. The molecule has 0 spiro atoms. The van der Waals surface area contributed by atoms with Crippen molar-refractivity contribution in [3.8, 4) is 0 Å². The minimum absolute atomic E-state index is 0.0783. The predicted molar refractivity (Wildman–Crippen MR) is 79.2 cm³/mol. The van der Waals surface area contributed by atoms with Gasteiger partial charge in [0, 0.05) is 18.1 Å². The first-order valence-corrected chi connectivity index (χ1v) is 6.75. The second kappa shape index (κ2) is 4.76. The van der Waals surface area contributed by atoms with Crippen molar-refractivity contribution in [3.05, 3.63) is 36.0 Å². The van der Waals surface area contributed by atoms with E-state index in [4.69, 9.17) is 5.84 Å². The first-order chi connectivity index (χ1) is 9.63. The number of benzene rings is 1. The molecule has 2 aromatic rings. The van der Waals surface area contributed by atoms with E-state index in [0.717, 1.165) is 17.3 Å². The van der Waals surface area contributed by atoms with Gasteiger partial charge in [-0.3, -0.25) is 4.79 Å². The summed E-state index contributed by atoms with van der Waals surface area (Å²) in [5, 5.41) is 4.70. The van der Waals surface area contributed by atoms with Crippen LogP contribution in [-0.4, -0.2) is 17.4 Å². The third-order valence-electron chi connectivity index (χ3n) is 3.96. The molecule has 104 valence electrons. The van der Waals surface area contributed by atoms with Crippen LogP contribution in [0.5, 0.6) is 0 Å². The summed E-state index contributed by atoms with van der Waals surface area (Å²) in [6, 6.07) is 7.61. The maximum atomic E-state index is 12.3. The van der Waals surface area contributed by atoms with Crippen molar-refractivity contribution in [2.45, 2.75) is 19.8 Å². The van der Waals surface area contributed by atoms with Crippen molar-refractivity contribution < 1.29 is 4.79 Å². The summed E-state index contributed by atoms with van der Waals surface area (Å²) in [6.07, 6.45) is 3.94. The molecule has 0 unspecified atom stereocenters. The fourth-order valence-corrected chi connectivity index (χ4v) is 2.27. The van der Waals surface area contributed by atoms with Crippen molar-refractivity contribution in [2.75, 3.05) is 12.0 Å². The number of rotatable bonds is 4. The Morgan fingerprint density at radius 1 is 1.35 bits per heavy atom. The Hall–Kier alpha value is -2.14. The highest BCUT2D eigenvalue weighted by atomic mass is 16.1. The van der Waals surface area contributed by atoms with Gasteiger partial charge in [-0.1, -0.05) is 31.2 Å². The summed E-state index contributed by atoms with van der Waals surface area (Å²) in [6.45, 7) is 2.90. The summed E-state index contributed by atoms with van der Waals surface area (Å²) < 4.78 is 0. The standard InChI is InChI=1S/C15H18N4O/c1-15(6-7-15)9-18-14(20)12-8-17-13(19-16)11-5-3-2-4-10(11)12/h2-5,8H,6-7,9,16H2,1H3,(H,17,19)(H,18,20). The van der Waals surface area contributed by atoms with E-state index in [9.17, 15) is 4.79 Å². The Morgan fingerprint density at radius 2 is 2.05 bits per heavy atom. The normalized spacial score (nSPS) is 15.9. The number of nitrogens with zero attached hydrogens (tertiary/aromatic N) is 1. The van der Waals surface area contributed by atoms with E-state index in [0.29, 0.717) is 11.4 Å². The molecule has 20 heavy (non-hydrogen) atoms. The van der Waals surface area contributed by atoms with Crippen LogP contribution < -0.4 is 16.6 Å². The van der Waals surface area contributed by atoms with Gasteiger partial charge < -0.3 is 10.7 Å². The van der Waals surface area contributed by atoms with Crippen molar-refractivity contribution in [2.24, 2.45) is 11.3 Å². The molecule has 0 radical (unpaired) electrons. The highest BCUT2D eigenvalue weighted by Crippen LogP contribution is 2.44. The lowest BCUT2D eigenvalue weighted by Crippen LogP contribution is -2.29. The largest absolute Gasteiger partial charge is 0.351 e. The van der Waals surface area contributed by atoms with Crippen LogP contribution in [0.3, 0.4) is 0 Å². The minimum atomic E-state index is -0.0783. The van der Waals surface area contributed by atoms with Gasteiger partial charge in [-0.2, -0.15) is 0 Å². The molecule has 1 fully saturated rings. The molecule has 5 heteroatoms. The van der Waals surface area contributed by atoms with Crippen LogP contribution in [0.15, 0.2) is 30.5 Å². The lowest BCUT2D eigenvalue weighted by molar-refractivity contribution is 0.0947. The van der Waals surface area contributed by atoms with Gasteiger partial charge in [-0.25, -0.2) is 10.8 Å². The average molecular weight is 270 g/mol. The van der Waals surface area contributed by atoms with Crippen LogP contribution in [0.4, 0.5) is 5.82 Å². The Labute approximate surface area is 117 Å². The predicted octanol–water partition coefficient (Wildman–Crippen LogP) is 2.05. The number of aromatic nitrogens is 1. The number of nitrogens with one attached hydrogen (secondary N) is 2. The summed E-state index contributed by atoms with van der Waals surface area (Å²) in [5.41, 5.74) is 3.44. The summed E-state index contributed by atoms with van der Waals surface area (Å²) in [5.74, 6) is 5.95. The number of hydrazine groups is 1. The van der Waals surface area contributed by atoms with Gasteiger partial charge in [0.2, 0.25) is 0 Å². The van der Waals surface area contributed by atoms with Crippen LogP contribution in [0.1, 0.15) is 30.1 Å². The van der Waals surface area contributed by atoms with E-state index in [2.05, 4.69) is 22.7 Å². The number of nitrogens with two attached hydrogens (primary N) is 1. The SMILES string of the molecule is CC1(CNC(=O)c2cnc(NN)c3ccccc23)CC1. The summed E-state index contributed by atoms with van der Waals surface area (Å²) in [4.78, 5) is 16.5. The van der Waals surface area contributed by atoms with Crippen LogP contribution in [0, 0.1) is 5.41 Å². The van der Waals surface area contributed by atoms with Crippen LogP contribution >= 0.6 is 0 Å². The third kappa shape index (κ3) is 2.32. The second-order valence-corrected chi connectivity index (χ2v) is 5.70. The van der Waals surface area contributed by atoms with E-state index in [1.807, 2.05) is 24.3 Å². The van der Waals surface area contributed by atoms with E-state index in [1.165, 1.54) is 12.8 Å². The highest BCUT2D eigenvalue weighted by molar-refractivity contribution is 6.09. The van der Waals surface area contributed by atoms with Gasteiger partial charge >= 0.3 is 0 Å². The number of carbonyl (C=O) groups excluding carboxylic acids is 1. The molecular weight excluding hydrogens is 252 g/mol. The Morgan fingerprint density at radius 3 is 2.70 bits per heavy atom. The monoisotopic (exact) mass is 270 g/mol. The molecule has 1 aliphatic carbocycles. The molecule has 1 aromatic heterocycles. The molecule has 1 heterocycles. The number of hydrogen-bond donors (Lipinski definition) is 3. The molecular formula is C15H18N4O. The van der Waals surface area contributed by atoms with Gasteiger partial charge in [-0.05, 0) is 23.6 Å². The molecule has 1 aromatic carbocycles. The zero-order valence-electron chi connectivity index (χ0n) is 11.4. The topological polar surface area (TPSA) is 80.0 Å². The quantitative estimate of drug-likeness (QED) is 0.587. The number of fused-ring (bicyclic) bond motifs is 1. The Balaban J connectivity index is 1.92. The molecule has 0 atom stereocenters. The third-order valence-corrected chi connectivity index (χ3v) is 3.96. The Kier molecular flexibility index (Phi) is 3.06. The van der Waals surface area contributed by atoms with Crippen molar-refractivity contribution >= 4 is 22.5 Å². The zero-order valence-corrected chi connectivity index (χ0v) is 11.4. The molecule has 0 saturated heterocycles. The lowest BCUT2D eigenvalue weighted by Gasteiger charge is -2.12. The smallest absolute Gasteiger partial charge is 0.253 e. The van der Waals surface area contributed by atoms with Crippen molar-refractivity contribution in [1.29, 1.82) is 0 Å². The zero-order chi connectivity index (χ0) is 14.2. The number of pyridine rings is 1. The van der Waals surface area contributed by atoms with Crippen LogP contribution in [0.25, 0.3) is 10.8 Å². The molecule has 1 saturated carbocycles. The van der Waals surface area contributed by atoms with E-state index in [-0.39, 0.29) is 11.3 Å². The molecule has 4 N–H and O–H groups in total. The van der Waals surface area contributed by atoms with Gasteiger partial charge in [-0.15, -0.1) is 0 Å². The summed E-state index contributed by atoms with van der Waals surface area (Å²) >= 11 is 0. The first-order valence-electron chi connectivity index (χ1n) is 6.75. The number of anilines is 1. The lowest BCUT2D eigenvalue weighted by atomic mass is 10.1. The molecule has 5 nitrogen and oxygen atoms in total. The number of amides is 1. The summed E-state index contributed by atoms with van der Waals surface area (Å²) in [7, 11) is 0. The molecule has 0 aliphatic heterocycles. The van der Waals surface area contributed by atoms with Crippen LogP contribution in [-0.2, 0) is 0 Å². The fourth-order valence-electron chi connectivity index (χ4n) is 2.27. The molecule has 1 amide bonds. The number of nitrogen functional groups attached to an aromatic ring is 1. The fraction of sp³-hybridized carbons (Fsp3) is 0.333. The van der Waals surface area contributed by atoms with E-state index in [1.54, 1.807) is 6.20 Å². The van der Waals surface area contributed by atoms with Gasteiger partial charge in [0.1, 0.15) is 5.82 Å². The van der Waals surface area contributed by atoms with Gasteiger partial charge in [0.15, 0.2) is 0 Å². The highest BCUT2D eigenvalue weighted by Gasteiger charge is 2.37. The van der Waals surface area contributed by atoms with Crippen molar-refractivity contribution in [1.82, 2.24) is 10.3 Å². The molecule has 0 bridgehead atoms. The first kappa shape index (κ1) is 12.9. The average Bonchev–Trinajstić information content (AvgIpc) is 3.22. The van der Waals surface area contributed by atoms with Crippen LogP contribution in [0.2, 0.25) is 0 Å². The van der Waals surface area contributed by atoms with E-state index >= 15 is 0 Å². The second-order valence-electron chi connectivity index (χ2n) is 5.70. The molecule has 3 rings (SSSR count). The maximum Gasteiger partial charge on any atom is 0.253 e.